The van der Waals surface area contributed by atoms with Gasteiger partial charge in [-0.3, -0.25) is 8.93 Å². The van der Waals surface area contributed by atoms with Crippen LogP contribution in [0.5, 0.6) is 11.5 Å². The number of nitrogens with one attached hydrogen (secondary N) is 1. The number of methoxy groups -OCH3 is 2. The van der Waals surface area contributed by atoms with Crippen molar-refractivity contribution >= 4 is 38.0 Å². The molecule has 0 bridgehead atoms. The number of aliphatic carboxylic acids is 1. The summed E-state index contributed by atoms with van der Waals surface area (Å²) < 4.78 is 32.3. The second kappa shape index (κ2) is 11.6. The number of anilines is 1. The fraction of sp³-hybridized carbons (Fsp3) is 0.467. The third-order valence-electron chi connectivity index (χ3n) is 8.20. The summed E-state index contributed by atoms with van der Waals surface area (Å²) in [6.07, 6.45) is 3.53. The molecule has 1 aliphatic rings. The first-order valence-electron chi connectivity index (χ1n) is 13.9. The number of hydrogen-bond donors (Lipinski definition) is 2. The van der Waals surface area contributed by atoms with Gasteiger partial charge in [-0.1, -0.05) is 36.1 Å². The molecule has 10 heteroatoms. The molecule has 4 rings (SSSR count). The van der Waals surface area contributed by atoms with Crippen LogP contribution in [0.1, 0.15) is 38.6 Å². The fourth-order valence-electron chi connectivity index (χ4n) is 5.78. The lowest BCUT2D eigenvalue weighted by Gasteiger charge is -2.42. The Hall–Kier alpha value is -3.37. The minimum atomic E-state index is -2.95. The van der Waals surface area contributed by atoms with Crippen LogP contribution in [0.2, 0.25) is 0 Å². The first-order valence-corrected chi connectivity index (χ1v) is 16.4. The van der Waals surface area contributed by atoms with Gasteiger partial charge in [0.1, 0.15) is 11.5 Å². The second-order valence-electron chi connectivity index (χ2n) is 10.3. The largest absolute Gasteiger partial charge is 0.497 e. The van der Waals surface area contributed by atoms with Crippen molar-refractivity contribution in [3.05, 3.63) is 53.5 Å². The van der Waals surface area contributed by atoms with Crippen molar-refractivity contribution < 1.29 is 28.2 Å². The maximum absolute atomic E-state index is 14.1. The van der Waals surface area contributed by atoms with Gasteiger partial charge in [-0.25, -0.2) is 13.9 Å². The average Bonchev–Trinajstić information content (AvgIpc) is 3.42. The van der Waals surface area contributed by atoms with Gasteiger partial charge in [0.25, 0.3) is 5.82 Å². The van der Waals surface area contributed by atoms with Crippen molar-refractivity contribution in [1.82, 2.24) is 9.29 Å². The van der Waals surface area contributed by atoms with Crippen LogP contribution >= 0.6 is 0 Å². The van der Waals surface area contributed by atoms with Crippen molar-refractivity contribution in [1.29, 1.82) is 0 Å². The number of nitrogens with zero attached hydrogens (tertiary/aromatic N) is 3. The van der Waals surface area contributed by atoms with Gasteiger partial charge in [0, 0.05) is 66.4 Å². The van der Waals surface area contributed by atoms with E-state index in [-0.39, 0.29) is 6.54 Å². The van der Waals surface area contributed by atoms with Gasteiger partial charge in [0.2, 0.25) is 0 Å². The van der Waals surface area contributed by atoms with Crippen LogP contribution in [0.15, 0.2) is 42.1 Å². The number of rotatable bonds is 13. The number of allylic oxidation sites excluding steroid dienone is 1. The lowest BCUT2D eigenvalue weighted by Crippen LogP contribution is -2.54. The maximum atomic E-state index is 14.1. The van der Waals surface area contributed by atoms with Crippen LogP contribution in [0.3, 0.4) is 0 Å². The van der Waals surface area contributed by atoms with E-state index in [9.17, 15) is 14.1 Å². The summed E-state index contributed by atoms with van der Waals surface area (Å²) in [7, 11) is 2.27. The van der Waals surface area contributed by atoms with E-state index < -0.39 is 15.2 Å². The third-order valence-corrected chi connectivity index (χ3v) is 13.1. The fourth-order valence-corrected chi connectivity index (χ4v) is 8.85. The van der Waals surface area contributed by atoms with Gasteiger partial charge >= 0.3 is 5.97 Å². The van der Waals surface area contributed by atoms with Gasteiger partial charge in [0.15, 0.2) is 17.6 Å². The summed E-state index contributed by atoms with van der Waals surface area (Å²) >= 11 is 0. The third kappa shape index (κ3) is 5.60. The first kappa shape index (κ1) is 29.6. The number of carbonyl (C=O) groups is 1. The zero-order valence-corrected chi connectivity index (χ0v) is 25.3. The van der Waals surface area contributed by atoms with Gasteiger partial charge in [-0.2, -0.15) is 0 Å². The summed E-state index contributed by atoms with van der Waals surface area (Å²) in [6.45, 7) is 7.22. The molecule has 0 unspecified atom stereocenters. The predicted molar refractivity (Wildman–Crippen MR) is 162 cm³/mol. The molecule has 1 aromatic heterocycles. The molecule has 40 heavy (non-hydrogen) atoms. The number of imidazole rings is 1. The Morgan fingerprint density at radius 1 is 1.10 bits per heavy atom. The summed E-state index contributed by atoms with van der Waals surface area (Å²) in [5.74, 6) is 3.14. The molecule has 3 aromatic rings. The Kier molecular flexibility index (Phi) is 8.60. The topological polar surface area (TPSA) is 96.9 Å². The Bertz CT molecular complexity index is 1500. The number of hydrogen-bond acceptors (Lipinski definition) is 5. The highest BCUT2D eigenvalue weighted by Gasteiger charge is 2.33. The lowest BCUT2D eigenvalue weighted by atomic mass is 10.1. The molecule has 218 valence electrons. The minimum absolute atomic E-state index is 0.177. The Labute approximate surface area is 236 Å². The highest BCUT2D eigenvalue weighted by molar-refractivity contribution is 8.18. The minimum Gasteiger partial charge on any atom is -0.497 e. The van der Waals surface area contributed by atoms with Crippen molar-refractivity contribution in [3.8, 4) is 11.5 Å². The van der Waals surface area contributed by atoms with Crippen LogP contribution in [-0.4, -0.2) is 64.4 Å². The van der Waals surface area contributed by atoms with E-state index >= 15 is 0 Å². The van der Waals surface area contributed by atoms with Crippen LogP contribution in [-0.2, 0) is 34.1 Å². The molecule has 0 fully saturated rings. The molecule has 2 N–H and O–H groups in total. The SMILES string of the molecule is CCNS(=O)(CC)(CC)CCCN1C(=Cc2n(CC(=O)O)c3cc(OC)ccc3[n+]2C)Cc2ccc(OC)cc21. The van der Waals surface area contributed by atoms with Crippen LogP contribution < -0.4 is 23.7 Å². The molecule has 0 aliphatic carbocycles. The van der Waals surface area contributed by atoms with E-state index in [1.54, 1.807) is 14.2 Å². The van der Waals surface area contributed by atoms with Crippen molar-refractivity contribution in [2.75, 3.05) is 49.5 Å². The van der Waals surface area contributed by atoms with Gasteiger partial charge < -0.3 is 19.5 Å². The van der Waals surface area contributed by atoms with E-state index in [1.807, 2.05) is 67.3 Å². The van der Waals surface area contributed by atoms with Gasteiger partial charge in [-0.05, 0) is 30.2 Å². The molecule has 0 saturated carbocycles. The number of carboxylic acid groups (broad SMARTS) is 1. The molecule has 9 nitrogen and oxygen atoms in total. The van der Waals surface area contributed by atoms with Crippen molar-refractivity contribution in [2.24, 2.45) is 7.05 Å². The van der Waals surface area contributed by atoms with Crippen molar-refractivity contribution in [3.63, 3.8) is 0 Å². The Morgan fingerprint density at radius 3 is 2.40 bits per heavy atom. The molecule has 2 aromatic carbocycles. The molecule has 0 spiro atoms. The van der Waals surface area contributed by atoms with E-state index in [1.165, 1.54) is 5.56 Å². The number of benzene rings is 2. The van der Waals surface area contributed by atoms with E-state index in [2.05, 4.69) is 21.8 Å². The zero-order valence-electron chi connectivity index (χ0n) is 24.5. The van der Waals surface area contributed by atoms with Crippen LogP contribution in [0, 0.1) is 0 Å². The van der Waals surface area contributed by atoms with Gasteiger partial charge in [-0.15, -0.1) is 0 Å². The van der Waals surface area contributed by atoms with E-state index in [0.717, 1.165) is 40.4 Å². The number of aromatic nitrogens is 2. The number of fused-ring (bicyclic) bond motifs is 2. The molecule has 1 aliphatic heterocycles. The van der Waals surface area contributed by atoms with Crippen LogP contribution in [0.25, 0.3) is 17.1 Å². The lowest BCUT2D eigenvalue weighted by molar-refractivity contribution is -0.647. The average molecular weight is 572 g/mol. The van der Waals surface area contributed by atoms with Crippen molar-refractivity contribution in [2.45, 2.75) is 40.2 Å². The van der Waals surface area contributed by atoms with E-state index in [4.69, 9.17) is 9.47 Å². The highest BCUT2D eigenvalue weighted by Crippen LogP contribution is 2.38. The van der Waals surface area contributed by atoms with Crippen LogP contribution in [0.4, 0.5) is 5.69 Å². The number of carboxylic acids is 1. The monoisotopic (exact) mass is 571 g/mol. The summed E-state index contributed by atoms with van der Waals surface area (Å²) in [4.78, 5) is 14.2. The van der Waals surface area contributed by atoms with Gasteiger partial charge in [0.05, 0.1) is 21.3 Å². The smallest absolute Gasteiger partial charge is 0.346 e. The summed E-state index contributed by atoms with van der Waals surface area (Å²) in [5.41, 5.74) is 5.00. The quantitative estimate of drug-likeness (QED) is 0.304. The molecule has 0 radical (unpaired) electrons. The normalized spacial score (nSPS) is 15.3. The van der Waals surface area contributed by atoms with E-state index in [0.29, 0.717) is 42.5 Å². The predicted octanol–water partition coefficient (Wildman–Crippen LogP) is 3.75. The number of ether oxygens (including phenoxy) is 2. The summed E-state index contributed by atoms with van der Waals surface area (Å²) in [5, 5.41) is 9.77. The standard InChI is InChI=1S/C30H42N4O5S/c1-7-31-40(37,8-2,9-3)16-10-15-33-23(17-22-11-12-24(38-5)19-27(22)33)18-29-32(4)26-14-13-25(39-6)20-28(26)34(29)21-30(35)36/h11-14,18-20H,7-10,15-17,21H2,1-6H3,(H-,31,35,36,37)/p+1. The molecule has 0 saturated heterocycles. The second-order valence-corrected chi connectivity index (χ2v) is 15.1. The number of aryl methyl sites for hydroxylation is 1. The first-order chi connectivity index (χ1) is 19.1. The molecular formula is C30H43N4O5S+. The Morgan fingerprint density at radius 2 is 1.77 bits per heavy atom. The summed E-state index contributed by atoms with van der Waals surface area (Å²) in [6, 6.07) is 11.8. The maximum Gasteiger partial charge on any atom is 0.346 e. The molecule has 2 heterocycles. The molecular weight excluding hydrogens is 528 g/mol. The molecule has 0 atom stereocenters. The zero-order chi connectivity index (χ0) is 29.1. The highest BCUT2D eigenvalue weighted by atomic mass is 32.3. The Balaban J connectivity index is 1.79. The molecule has 0 amide bonds.